The summed E-state index contributed by atoms with van der Waals surface area (Å²) in [6, 6.07) is 6.01. The van der Waals surface area contributed by atoms with Crippen molar-refractivity contribution in [2.75, 3.05) is 20.2 Å². The first kappa shape index (κ1) is 12.8. The smallest absolute Gasteiger partial charge is 0.406 e. The summed E-state index contributed by atoms with van der Waals surface area (Å²) in [5.41, 5.74) is 0.364. The lowest BCUT2D eigenvalue weighted by Crippen LogP contribution is -2.34. The van der Waals surface area contributed by atoms with Gasteiger partial charge in [-0.1, -0.05) is 6.07 Å². The fourth-order valence-corrected chi connectivity index (χ4v) is 1.16. The second-order valence-electron chi connectivity index (χ2n) is 3.22. The lowest BCUT2D eigenvalue weighted by molar-refractivity contribution is 0.0952. The Labute approximate surface area is 98.6 Å². The minimum atomic E-state index is -0.545. The van der Waals surface area contributed by atoms with Crippen LogP contribution in [0.2, 0.25) is 0 Å². The number of phenols is 1. The van der Waals surface area contributed by atoms with E-state index >= 15 is 0 Å². The van der Waals surface area contributed by atoms with E-state index in [1.54, 1.807) is 12.1 Å². The van der Waals surface area contributed by atoms with E-state index in [-0.39, 0.29) is 24.7 Å². The highest BCUT2D eigenvalue weighted by molar-refractivity contribution is 5.94. The summed E-state index contributed by atoms with van der Waals surface area (Å²) in [6.45, 7) is 0.556. The van der Waals surface area contributed by atoms with Gasteiger partial charge in [-0.2, -0.15) is 0 Å². The van der Waals surface area contributed by atoms with Crippen LogP contribution in [-0.4, -0.2) is 37.3 Å². The Balaban J connectivity index is 2.33. The molecule has 3 N–H and O–H groups in total. The normalized spacial score (nSPS) is 9.47. The number of methoxy groups -OCH3 is 1. The fraction of sp³-hybridized carbons (Fsp3) is 0.273. The van der Waals surface area contributed by atoms with Crippen LogP contribution in [0.15, 0.2) is 24.3 Å². The number of phenolic OH excluding ortho intramolecular Hbond substituents is 1. The maximum absolute atomic E-state index is 11.5. The van der Waals surface area contributed by atoms with Crippen LogP contribution in [0, 0.1) is 0 Å². The van der Waals surface area contributed by atoms with Crippen molar-refractivity contribution in [3.05, 3.63) is 29.8 Å². The zero-order valence-corrected chi connectivity index (χ0v) is 9.40. The molecule has 0 bridgehead atoms. The number of amides is 2. The highest BCUT2D eigenvalue weighted by Crippen LogP contribution is 2.10. The van der Waals surface area contributed by atoms with E-state index in [4.69, 9.17) is 0 Å². The fourth-order valence-electron chi connectivity index (χ4n) is 1.16. The number of carbonyl (C=O) groups is 2. The van der Waals surface area contributed by atoms with Gasteiger partial charge in [0.05, 0.1) is 7.11 Å². The molecule has 0 radical (unpaired) electrons. The number of hydrogen-bond donors (Lipinski definition) is 3. The number of aromatic hydroxyl groups is 1. The summed E-state index contributed by atoms with van der Waals surface area (Å²) in [6.07, 6.45) is -0.545. The number of benzene rings is 1. The molecule has 0 unspecified atom stereocenters. The van der Waals surface area contributed by atoms with Crippen molar-refractivity contribution in [3.63, 3.8) is 0 Å². The van der Waals surface area contributed by atoms with Crippen LogP contribution in [-0.2, 0) is 4.74 Å². The molecule has 6 nitrogen and oxygen atoms in total. The number of rotatable bonds is 4. The zero-order valence-electron chi connectivity index (χ0n) is 9.40. The molecular weight excluding hydrogens is 224 g/mol. The molecule has 0 aromatic heterocycles. The standard InChI is InChI=1S/C11H14N2O4/c1-17-11(16)13-6-5-12-10(15)8-3-2-4-9(14)7-8/h2-4,7,14H,5-6H2,1H3,(H,12,15)(H,13,16). The van der Waals surface area contributed by atoms with Crippen LogP contribution in [0.1, 0.15) is 10.4 Å². The maximum atomic E-state index is 11.5. The minimum absolute atomic E-state index is 0.0327. The number of alkyl carbamates (subject to hydrolysis) is 1. The Morgan fingerprint density at radius 1 is 1.29 bits per heavy atom. The Morgan fingerprint density at radius 3 is 2.65 bits per heavy atom. The van der Waals surface area contributed by atoms with E-state index in [2.05, 4.69) is 15.4 Å². The molecule has 6 heteroatoms. The molecule has 0 saturated heterocycles. The van der Waals surface area contributed by atoms with Gasteiger partial charge < -0.3 is 20.5 Å². The van der Waals surface area contributed by atoms with Gasteiger partial charge >= 0.3 is 6.09 Å². The predicted molar refractivity (Wildman–Crippen MR) is 60.8 cm³/mol. The molecule has 2 amide bonds. The lowest BCUT2D eigenvalue weighted by Gasteiger charge is -2.06. The van der Waals surface area contributed by atoms with Gasteiger partial charge in [0.15, 0.2) is 0 Å². The average Bonchev–Trinajstić information content (AvgIpc) is 2.34. The van der Waals surface area contributed by atoms with Gasteiger partial charge in [-0.15, -0.1) is 0 Å². The molecule has 92 valence electrons. The molecule has 0 aliphatic heterocycles. The first-order valence-electron chi connectivity index (χ1n) is 5.02. The Bertz CT molecular complexity index is 406. The SMILES string of the molecule is COC(=O)NCCNC(=O)c1cccc(O)c1. The first-order valence-corrected chi connectivity index (χ1v) is 5.02. The first-order chi connectivity index (χ1) is 8.13. The van der Waals surface area contributed by atoms with Gasteiger partial charge in [0, 0.05) is 18.7 Å². The Hall–Kier alpha value is -2.24. The molecule has 0 spiro atoms. The highest BCUT2D eigenvalue weighted by atomic mass is 16.5. The van der Waals surface area contributed by atoms with Crippen LogP contribution in [0.25, 0.3) is 0 Å². The van der Waals surface area contributed by atoms with Crippen LogP contribution >= 0.6 is 0 Å². The molecular formula is C11H14N2O4. The van der Waals surface area contributed by atoms with E-state index in [1.807, 2.05) is 0 Å². The topological polar surface area (TPSA) is 87.7 Å². The second kappa shape index (κ2) is 6.37. The van der Waals surface area contributed by atoms with E-state index in [1.165, 1.54) is 19.2 Å². The molecule has 0 aliphatic rings. The average molecular weight is 238 g/mol. The third-order valence-electron chi connectivity index (χ3n) is 1.97. The van der Waals surface area contributed by atoms with Gasteiger partial charge in [-0.05, 0) is 18.2 Å². The molecule has 0 aliphatic carbocycles. The molecule has 1 rings (SSSR count). The molecule has 0 atom stereocenters. The summed E-state index contributed by atoms with van der Waals surface area (Å²) in [4.78, 5) is 22.2. The largest absolute Gasteiger partial charge is 0.508 e. The van der Waals surface area contributed by atoms with E-state index in [0.29, 0.717) is 5.56 Å². The number of hydrogen-bond acceptors (Lipinski definition) is 4. The summed E-state index contributed by atoms with van der Waals surface area (Å²) >= 11 is 0. The molecule has 0 fully saturated rings. The van der Waals surface area contributed by atoms with E-state index < -0.39 is 6.09 Å². The third kappa shape index (κ3) is 4.42. The van der Waals surface area contributed by atoms with Crippen LogP contribution in [0.5, 0.6) is 5.75 Å². The van der Waals surface area contributed by atoms with Crippen molar-refractivity contribution < 1.29 is 19.4 Å². The van der Waals surface area contributed by atoms with Crippen molar-refractivity contribution in [2.24, 2.45) is 0 Å². The van der Waals surface area contributed by atoms with E-state index in [0.717, 1.165) is 0 Å². The van der Waals surface area contributed by atoms with Gasteiger partial charge in [0.25, 0.3) is 5.91 Å². The maximum Gasteiger partial charge on any atom is 0.406 e. The second-order valence-corrected chi connectivity index (χ2v) is 3.22. The van der Waals surface area contributed by atoms with Crippen LogP contribution in [0.4, 0.5) is 4.79 Å². The van der Waals surface area contributed by atoms with E-state index in [9.17, 15) is 14.7 Å². The number of carbonyl (C=O) groups excluding carboxylic acids is 2. The zero-order chi connectivity index (χ0) is 12.7. The van der Waals surface area contributed by atoms with Crippen LogP contribution in [0.3, 0.4) is 0 Å². The van der Waals surface area contributed by atoms with Crippen LogP contribution < -0.4 is 10.6 Å². The van der Waals surface area contributed by atoms with Crippen molar-refractivity contribution in [1.82, 2.24) is 10.6 Å². The summed E-state index contributed by atoms with van der Waals surface area (Å²) in [7, 11) is 1.26. The van der Waals surface area contributed by atoms with Crippen molar-refractivity contribution in [3.8, 4) is 5.75 Å². The summed E-state index contributed by atoms with van der Waals surface area (Å²) < 4.78 is 4.36. The highest BCUT2D eigenvalue weighted by Gasteiger charge is 2.05. The molecule has 1 aromatic carbocycles. The van der Waals surface area contributed by atoms with Gasteiger partial charge in [-0.3, -0.25) is 4.79 Å². The number of ether oxygens (including phenoxy) is 1. The van der Waals surface area contributed by atoms with Crippen molar-refractivity contribution in [1.29, 1.82) is 0 Å². The third-order valence-corrected chi connectivity index (χ3v) is 1.97. The Kier molecular flexibility index (Phi) is 4.80. The molecule has 17 heavy (non-hydrogen) atoms. The Morgan fingerprint density at radius 2 is 2.00 bits per heavy atom. The number of nitrogens with one attached hydrogen (secondary N) is 2. The van der Waals surface area contributed by atoms with Crippen molar-refractivity contribution in [2.45, 2.75) is 0 Å². The summed E-state index contributed by atoms with van der Waals surface area (Å²) in [5, 5.41) is 14.2. The van der Waals surface area contributed by atoms with Gasteiger partial charge in [0.1, 0.15) is 5.75 Å². The molecule has 0 saturated carbocycles. The molecule has 1 aromatic rings. The van der Waals surface area contributed by atoms with Gasteiger partial charge in [-0.25, -0.2) is 4.79 Å². The molecule has 0 heterocycles. The van der Waals surface area contributed by atoms with Crippen molar-refractivity contribution >= 4 is 12.0 Å². The van der Waals surface area contributed by atoms with Gasteiger partial charge in [0.2, 0.25) is 0 Å². The summed E-state index contributed by atoms with van der Waals surface area (Å²) in [5.74, 6) is -0.280. The predicted octanol–water partition coefficient (Wildman–Crippen LogP) is 0.478. The lowest BCUT2D eigenvalue weighted by atomic mass is 10.2. The monoisotopic (exact) mass is 238 g/mol. The quantitative estimate of drug-likeness (QED) is 0.666. The minimum Gasteiger partial charge on any atom is -0.508 e.